The Hall–Kier alpha value is -10.3. The number of azo groups is 2. The molecule has 414 valence electrons. The van der Waals surface area contributed by atoms with E-state index in [4.69, 9.17) is 16.4 Å². The quantitative estimate of drug-likeness (QED) is 0.0587. The zero-order valence-corrected chi connectivity index (χ0v) is 47.4. The minimum atomic E-state index is -0.457. The number of hydrogen-bond acceptors (Lipinski definition) is 11. The van der Waals surface area contributed by atoms with E-state index in [9.17, 15) is 19.8 Å². The number of hydrogen-bond donors (Lipinski definition) is 4. The lowest BCUT2D eigenvalue weighted by molar-refractivity contribution is 0.0959. The Bertz CT molecular complexity index is 4290. The second-order valence-corrected chi connectivity index (χ2v) is 21.0. The molecule has 1 aliphatic carbocycles. The van der Waals surface area contributed by atoms with Crippen molar-refractivity contribution in [2.45, 2.75) is 40.2 Å². The topological polar surface area (TPSA) is 161 Å². The highest BCUT2D eigenvalue weighted by molar-refractivity contribution is 6.33. The normalized spacial score (nSPS) is 11.7. The summed E-state index contributed by atoms with van der Waals surface area (Å²) in [4.78, 5) is 34.2. The molecule has 0 unspecified atom stereocenters. The number of anilines is 4. The number of fused-ring (bicyclic) bond motifs is 5. The van der Waals surface area contributed by atoms with E-state index in [0.717, 1.165) is 29.4 Å². The molecule has 12 nitrogen and oxygen atoms in total. The number of halogens is 1. The summed E-state index contributed by atoms with van der Waals surface area (Å²) in [5.74, 6) is -1.07. The lowest BCUT2D eigenvalue weighted by Crippen LogP contribution is -2.17. The Balaban J connectivity index is 0.000000207. The van der Waals surface area contributed by atoms with E-state index in [2.05, 4.69) is 154 Å². The molecule has 0 aliphatic heterocycles. The predicted molar refractivity (Wildman–Crippen MR) is 337 cm³/mol. The van der Waals surface area contributed by atoms with Crippen molar-refractivity contribution in [3.05, 3.63) is 273 Å². The van der Waals surface area contributed by atoms with E-state index in [0.29, 0.717) is 54.9 Å². The molecule has 0 spiro atoms. The number of benzene rings is 11. The number of amides is 1. The molecule has 0 bridgehead atoms. The SMILES string of the molecule is CNC(=O)c1cc2ccccc2c(N=Nc2ccc3c(c2)C(=O)c2cc(N=Nc4c(O)c(CONc5ccccc5Cl)cc5ccccc45)ccc2-3)c1O.Cc1ccc(N(c2ccc(C)cc2)c2ccc(CCc3cccc(C)c3)cc2)cc1. The first kappa shape index (κ1) is 55.6. The Morgan fingerprint density at radius 1 is 0.512 bits per heavy atom. The van der Waals surface area contributed by atoms with Crippen molar-refractivity contribution in [2.24, 2.45) is 20.5 Å². The maximum atomic E-state index is 13.7. The van der Waals surface area contributed by atoms with Gasteiger partial charge in [0.1, 0.15) is 23.7 Å². The van der Waals surface area contributed by atoms with Gasteiger partial charge >= 0.3 is 0 Å². The maximum absolute atomic E-state index is 13.7. The number of nitrogens with one attached hydrogen (secondary N) is 2. The number of para-hydroxylation sites is 1. The lowest BCUT2D eigenvalue weighted by atomic mass is 10.0. The van der Waals surface area contributed by atoms with Crippen molar-refractivity contribution in [1.82, 2.24) is 5.32 Å². The molecule has 0 radical (unpaired) electrons. The van der Waals surface area contributed by atoms with Crippen LogP contribution in [0.1, 0.15) is 59.7 Å². The summed E-state index contributed by atoms with van der Waals surface area (Å²) in [6.45, 7) is 6.42. The highest BCUT2D eigenvalue weighted by Crippen LogP contribution is 2.44. The molecule has 11 aromatic rings. The van der Waals surface area contributed by atoms with Crippen LogP contribution in [-0.4, -0.2) is 29.0 Å². The first-order valence-electron chi connectivity index (χ1n) is 27.5. The summed E-state index contributed by atoms with van der Waals surface area (Å²) in [6.07, 6.45) is 2.12. The van der Waals surface area contributed by atoms with Crippen molar-refractivity contribution in [2.75, 3.05) is 17.4 Å². The van der Waals surface area contributed by atoms with Gasteiger partial charge in [0.05, 0.1) is 27.6 Å². The van der Waals surface area contributed by atoms with Crippen LogP contribution in [0.3, 0.4) is 0 Å². The zero-order valence-electron chi connectivity index (χ0n) is 46.6. The van der Waals surface area contributed by atoms with Crippen molar-refractivity contribution >= 4 is 90.3 Å². The van der Waals surface area contributed by atoms with Crippen LogP contribution < -0.4 is 15.7 Å². The van der Waals surface area contributed by atoms with Crippen molar-refractivity contribution in [3.8, 4) is 22.6 Å². The summed E-state index contributed by atoms with van der Waals surface area (Å²) in [6, 6.07) is 71.0. The summed E-state index contributed by atoms with van der Waals surface area (Å²) < 4.78 is 0. The van der Waals surface area contributed by atoms with Crippen molar-refractivity contribution in [3.63, 3.8) is 0 Å². The summed E-state index contributed by atoms with van der Waals surface area (Å²) in [5, 5.41) is 45.7. The third-order valence-electron chi connectivity index (χ3n) is 14.7. The first-order valence-corrected chi connectivity index (χ1v) is 27.8. The number of rotatable bonds is 15. The van der Waals surface area contributed by atoms with Gasteiger partial charge in [0.15, 0.2) is 11.5 Å². The largest absolute Gasteiger partial charge is 0.505 e. The third kappa shape index (κ3) is 12.2. The number of phenolic OH excluding ortho intramolecular Hbond substituents is 2. The molecular weight excluding hydrogens is 1070 g/mol. The van der Waals surface area contributed by atoms with Crippen LogP contribution in [0.5, 0.6) is 11.5 Å². The number of phenols is 2. The van der Waals surface area contributed by atoms with Gasteiger partial charge in [-0.25, -0.2) is 0 Å². The average molecular weight is 1120 g/mol. The molecule has 0 aromatic heterocycles. The molecule has 4 N–H and O–H groups in total. The van der Waals surface area contributed by atoms with E-state index in [-0.39, 0.29) is 40.8 Å². The van der Waals surface area contributed by atoms with E-state index < -0.39 is 5.91 Å². The Morgan fingerprint density at radius 2 is 1.04 bits per heavy atom. The van der Waals surface area contributed by atoms with Crippen LogP contribution in [0.4, 0.5) is 45.5 Å². The summed E-state index contributed by atoms with van der Waals surface area (Å²) in [7, 11) is 1.48. The van der Waals surface area contributed by atoms with Crippen LogP contribution in [0.25, 0.3) is 32.7 Å². The van der Waals surface area contributed by atoms with Crippen LogP contribution >= 0.6 is 11.6 Å². The van der Waals surface area contributed by atoms with E-state index in [1.807, 2.05) is 60.7 Å². The van der Waals surface area contributed by atoms with E-state index in [1.54, 1.807) is 60.7 Å². The fourth-order valence-electron chi connectivity index (χ4n) is 10.2. The maximum Gasteiger partial charge on any atom is 0.254 e. The zero-order chi connectivity index (χ0) is 58.3. The first-order chi connectivity index (χ1) is 40.9. The van der Waals surface area contributed by atoms with E-state index >= 15 is 0 Å². The van der Waals surface area contributed by atoms with Gasteiger partial charge in [0, 0.05) is 51.6 Å². The number of carbonyl (C=O) groups excluding carboxylic acids is 2. The highest BCUT2D eigenvalue weighted by Gasteiger charge is 2.28. The van der Waals surface area contributed by atoms with Crippen LogP contribution in [0.2, 0.25) is 5.02 Å². The van der Waals surface area contributed by atoms with Crippen LogP contribution in [0.15, 0.2) is 239 Å². The standard InChI is InChI=1S/C42H29ClN6O5.C29H29N/c1-44-42(53)34-19-24-9-3-5-11-29(24)38(41(34)52)48-46-27-15-17-31-30-16-14-26(20-32(30)40(51)33(31)21-27)45-47-37-28-10-4-2-8-23(28)18-25(39(37)50)22-54-49-36-13-7-6-12-35(36)43;1-22-7-15-27(16-8-22)30(28-17-9-23(2)10-18-28)29-19-13-25(14-20-29)11-12-26-6-4-5-24(3)21-26/h2-21,49-50,52H,22H2,1H3,(H,44,53);4-10,13-21H,11-12H2,1-3H3. The van der Waals surface area contributed by atoms with Crippen LogP contribution in [-0.2, 0) is 24.3 Å². The van der Waals surface area contributed by atoms with Gasteiger partial charge in [0.2, 0.25) is 0 Å². The molecule has 0 heterocycles. The fraction of sp³-hybridized carbons (Fsp3) is 0.0986. The van der Waals surface area contributed by atoms with Crippen molar-refractivity contribution in [1.29, 1.82) is 0 Å². The predicted octanol–water partition coefficient (Wildman–Crippen LogP) is 18.9. The van der Waals surface area contributed by atoms with Gasteiger partial charge in [0.25, 0.3) is 5.91 Å². The fourth-order valence-corrected chi connectivity index (χ4v) is 10.4. The molecular formula is C71H58ClN7O5. The van der Waals surface area contributed by atoms with Gasteiger partial charge in [-0.1, -0.05) is 162 Å². The number of aromatic hydroxyl groups is 2. The molecule has 0 atom stereocenters. The molecule has 84 heavy (non-hydrogen) atoms. The molecule has 12 rings (SSSR count). The van der Waals surface area contributed by atoms with Crippen molar-refractivity contribution < 1.29 is 24.6 Å². The van der Waals surface area contributed by atoms with Gasteiger partial charge < -0.3 is 20.4 Å². The van der Waals surface area contributed by atoms with Gasteiger partial charge in [-0.3, -0.25) is 19.9 Å². The smallest absolute Gasteiger partial charge is 0.254 e. The Kier molecular flexibility index (Phi) is 16.5. The van der Waals surface area contributed by atoms with Crippen LogP contribution in [0, 0.1) is 20.8 Å². The average Bonchev–Trinajstić information content (AvgIpc) is 2.29. The molecule has 1 amide bonds. The molecule has 1 aliphatic rings. The number of aryl methyl sites for hydroxylation is 5. The number of ketones is 1. The minimum Gasteiger partial charge on any atom is -0.505 e. The lowest BCUT2D eigenvalue weighted by Gasteiger charge is -2.26. The van der Waals surface area contributed by atoms with Gasteiger partial charge in [-0.05, 0) is 152 Å². The Labute approximate surface area is 492 Å². The number of carbonyl (C=O) groups is 2. The number of nitrogens with zero attached hydrogens (tertiary/aromatic N) is 5. The summed E-state index contributed by atoms with van der Waals surface area (Å²) in [5.41, 5.74) is 17.7. The van der Waals surface area contributed by atoms with Gasteiger partial charge in [-0.15, -0.1) is 10.2 Å². The van der Waals surface area contributed by atoms with E-state index in [1.165, 1.54) is 51.9 Å². The Morgan fingerprint density at radius 3 is 1.61 bits per heavy atom. The third-order valence-corrected chi connectivity index (χ3v) is 15.0. The molecule has 13 heteroatoms. The molecule has 0 saturated carbocycles. The second-order valence-electron chi connectivity index (χ2n) is 20.6. The monoisotopic (exact) mass is 1120 g/mol. The second kappa shape index (κ2) is 24.8. The summed E-state index contributed by atoms with van der Waals surface area (Å²) >= 11 is 6.22. The highest BCUT2D eigenvalue weighted by atomic mass is 35.5. The molecule has 0 saturated heterocycles. The molecule has 11 aromatic carbocycles. The minimum absolute atomic E-state index is 0.0116. The van der Waals surface area contributed by atoms with Gasteiger partial charge in [-0.2, -0.15) is 10.2 Å². The molecule has 0 fully saturated rings.